The SMILES string of the molecule is C[C@@H](NC1CC(=O)N(C)C1=O)c1cccs1. The summed E-state index contributed by atoms with van der Waals surface area (Å²) in [6.45, 7) is 2.00. The second-order valence-electron chi connectivity index (χ2n) is 3.95. The van der Waals surface area contributed by atoms with E-state index in [2.05, 4.69) is 5.32 Å². The molecule has 2 rings (SSSR count). The minimum Gasteiger partial charge on any atom is -0.298 e. The number of nitrogens with zero attached hydrogens (tertiary/aromatic N) is 1. The monoisotopic (exact) mass is 238 g/mol. The van der Waals surface area contributed by atoms with Gasteiger partial charge in [0.2, 0.25) is 11.8 Å². The lowest BCUT2D eigenvalue weighted by atomic mass is 10.2. The summed E-state index contributed by atoms with van der Waals surface area (Å²) >= 11 is 1.64. The van der Waals surface area contributed by atoms with Crippen molar-refractivity contribution in [3.8, 4) is 0 Å². The number of carbonyl (C=O) groups excluding carboxylic acids is 2. The Hall–Kier alpha value is -1.20. The van der Waals surface area contributed by atoms with Gasteiger partial charge in [0.15, 0.2) is 0 Å². The average Bonchev–Trinajstić information content (AvgIpc) is 2.85. The van der Waals surface area contributed by atoms with Gasteiger partial charge in [-0.2, -0.15) is 0 Å². The number of likely N-dealkylation sites (N-methyl/N-ethyl adjacent to an activating group) is 1. The van der Waals surface area contributed by atoms with Crippen molar-refractivity contribution in [3.05, 3.63) is 22.4 Å². The molecule has 5 heteroatoms. The summed E-state index contributed by atoms with van der Waals surface area (Å²) in [7, 11) is 1.53. The van der Waals surface area contributed by atoms with E-state index in [1.54, 1.807) is 11.3 Å². The van der Waals surface area contributed by atoms with E-state index in [4.69, 9.17) is 0 Å². The topological polar surface area (TPSA) is 49.4 Å². The first-order chi connectivity index (χ1) is 7.59. The highest BCUT2D eigenvalue weighted by Gasteiger charge is 2.36. The molecule has 4 nitrogen and oxygen atoms in total. The maximum absolute atomic E-state index is 11.7. The van der Waals surface area contributed by atoms with Gasteiger partial charge in [-0.3, -0.25) is 19.8 Å². The largest absolute Gasteiger partial charge is 0.298 e. The zero-order valence-electron chi connectivity index (χ0n) is 9.27. The molecule has 1 fully saturated rings. The van der Waals surface area contributed by atoms with E-state index >= 15 is 0 Å². The molecule has 16 heavy (non-hydrogen) atoms. The van der Waals surface area contributed by atoms with Gasteiger partial charge in [0, 0.05) is 18.0 Å². The third kappa shape index (κ3) is 2.01. The van der Waals surface area contributed by atoms with Crippen LogP contribution in [0.15, 0.2) is 17.5 Å². The smallest absolute Gasteiger partial charge is 0.246 e. The second-order valence-corrected chi connectivity index (χ2v) is 4.93. The van der Waals surface area contributed by atoms with Crippen LogP contribution >= 0.6 is 11.3 Å². The molecule has 0 radical (unpaired) electrons. The quantitative estimate of drug-likeness (QED) is 0.804. The highest BCUT2D eigenvalue weighted by molar-refractivity contribution is 7.10. The lowest BCUT2D eigenvalue weighted by Gasteiger charge is -2.16. The fourth-order valence-corrected chi connectivity index (χ4v) is 2.55. The molecule has 0 spiro atoms. The third-order valence-corrected chi connectivity index (χ3v) is 3.86. The molecule has 1 aromatic heterocycles. The summed E-state index contributed by atoms with van der Waals surface area (Å²) in [6.07, 6.45) is 0.269. The van der Waals surface area contributed by atoms with Crippen molar-refractivity contribution < 1.29 is 9.59 Å². The van der Waals surface area contributed by atoms with E-state index in [1.165, 1.54) is 16.8 Å². The van der Waals surface area contributed by atoms with E-state index in [0.29, 0.717) is 0 Å². The molecule has 1 aliphatic heterocycles. The molecule has 2 atom stereocenters. The number of amides is 2. The molecule has 86 valence electrons. The number of hydrogen-bond acceptors (Lipinski definition) is 4. The Kier molecular flexibility index (Phi) is 3.07. The lowest BCUT2D eigenvalue weighted by Crippen LogP contribution is -2.38. The van der Waals surface area contributed by atoms with Crippen molar-refractivity contribution >= 4 is 23.2 Å². The Labute approximate surface area is 98.3 Å². The predicted molar refractivity (Wildman–Crippen MR) is 62.1 cm³/mol. The second kappa shape index (κ2) is 4.35. The highest BCUT2D eigenvalue weighted by Crippen LogP contribution is 2.21. The molecule has 1 N–H and O–H groups in total. The maximum atomic E-state index is 11.7. The number of imide groups is 1. The van der Waals surface area contributed by atoms with Crippen LogP contribution in [-0.4, -0.2) is 29.8 Å². The molecule has 1 aromatic rings. The predicted octanol–water partition coefficient (Wildman–Crippen LogP) is 1.16. The molecule has 1 unspecified atom stereocenters. The zero-order valence-corrected chi connectivity index (χ0v) is 10.1. The van der Waals surface area contributed by atoms with Crippen LogP contribution < -0.4 is 5.32 Å². The van der Waals surface area contributed by atoms with E-state index in [0.717, 1.165) is 0 Å². The summed E-state index contributed by atoms with van der Waals surface area (Å²) in [4.78, 5) is 25.4. The van der Waals surface area contributed by atoms with Gasteiger partial charge in [0.05, 0.1) is 12.5 Å². The van der Waals surface area contributed by atoms with Crippen molar-refractivity contribution in [1.29, 1.82) is 0 Å². The number of rotatable bonds is 3. The van der Waals surface area contributed by atoms with E-state index in [9.17, 15) is 9.59 Å². The number of hydrogen-bond donors (Lipinski definition) is 1. The number of likely N-dealkylation sites (tertiary alicyclic amines) is 1. The van der Waals surface area contributed by atoms with Crippen molar-refractivity contribution in [2.75, 3.05) is 7.05 Å². The van der Waals surface area contributed by atoms with E-state index in [1.807, 2.05) is 24.4 Å². The van der Waals surface area contributed by atoms with E-state index < -0.39 is 0 Å². The molecule has 1 saturated heterocycles. The highest BCUT2D eigenvalue weighted by atomic mass is 32.1. The minimum atomic E-state index is -0.366. The van der Waals surface area contributed by atoms with Gasteiger partial charge in [0.25, 0.3) is 0 Å². The van der Waals surface area contributed by atoms with Crippen LogP contribution in [0.1, 0.15) is 24.3 Å². The van der Waals surface area contributed by atoms with Gasteiger partial charge in [-0.1, -0.05) is 6.07 Å². The summed E-state index contributed by atoms with van der Waals surface area (Å²) in [5.41, 5.74) is 0. The van der Waals surface area contributed by atoms with Crippen molar-refractivity contribution in [2.24, 2.45) is 0 Å². The Bertz CT molecular complexity index is 402. The fraction of sp³-hybridized carbons (Fsp3) is 0.455. The molecule has 0 aromatic carbocycles. The molecule has 1 aliphatic rings. The Balaban J connectivity index is 2.01. The normalized spacial score (nSPS) is 22.9. The van der Waals surface area contributed by atoms with Crippen LogP contribution in [-0.2, 0) is 9.59 Å². The van der Waals surface area contributed by atoms with Crippen molar-refractivity contribution in [2.45, 2.75) is 25.4 Å². The first kappa shape index (κ1) is 11.3. The molecular formula is C11H14N2O2S. The van der Waals surface area contributed by atoms with Crippen molar-refractivity contribution in [3.63, 3.8) is 0 Å². The van der Waals surface area contributed by atoms with Crippen LogP contribution in [0.2, 0.25) is 0 Å². The summed E-state index contributed by atoms with van der Waals surface area (Å²) in [5.74, 6) is -0.241. The van der Waals surface area contributed by atoms with Gasteiger partial charge in [0.1, 0.15) is 0 Å². The van der Waals surface area contributed by atoms with Gasteiger partial charge >= 0.3 is 0 Å². The van der Waals surface area contributed by atoms with Gasteiger partial charge in [-0.25, -0.2) is 0 Å². The standard InChI is InChI=1S/C11H14N2O2S/c1-7(9-4-3-5-16-9)12-8-6-10(14)13(2)11(8)15/h3-5,7-8,12H,6H2,1-2H3/t7-,8?/m1/s1. The number of nitrogens with one attached hydrogen (secondary N) is 1. The Morgan fingerprint density at radius 1 is 1.56 bits per heavy atom. The van der Waals surface area contributed by atoms with Gasteiger partial charge in [-0.05, 0) is 18.4 Å². The first-order valence-corrected chi connectivity index (χ1v) is 6.07. The van der Waals surface area contributed by atoms with Crippen molar-refractivity contribution in [1.82, 2.24) is 10.2 Å². The van der Waals surface area contributed by atoms with Gasteiger partial charge in [-0.15, -0.1) is 11.3 Å². The molecule has 0 aliphatic carbocycles. The average molecular weight is 238 g/mol. The van der Waals surface area contributed by atoms with Crippen LogP contribution in [0.25, 0.3) is 0 Å². The molecule has 0 saturated carbocycles. The first-order valence-electron chi connectivity index (χ1n) is 5.19. The van der Waals surface area contributed by atoms with Crippen LogP contribution in [0.3, 0.4) is 0 Å². The van der Waals surface area contributed by atoms with E-state index in [-0.39, 0.29) is 30.3 Å². The third-order valence-electron chi connectivity index (χ3n) is 2.80. The summed E-state index contributed by atoms with van der Waals surface area (Å²) < 4.78 is 0. The molecule has 2 heterocycles. The molecular weight excluding hydrogens is 224 g/mol. The Morgan fingerprint density at radius 3 is 2.81 bits per heavy atom. The molecule has 2 amide bonds. The van der Waals surface area contributed by atoms with Crippen LogP contribution in [0.5, 0.6) is 0 Å². The lowest BCUT2D eigenvalue weighted by molar-refractivity contribution is -0.137. The summed E-state index contributed by atoms with van der Waals surface area (Å²) in [5, 5.41) is 5.19. The number of carbonyl (C=O) groups is 2. The van der Waals surface area contributed by atoms with Gasteiger partial charge < -0.3 is 0 Å². The Morgan fingerprint density at radius 2 is 2.31 bits per heavy atom. The number of thiophene rings is 1. The zero-order chi connectivity index (χ0) is 11.7. The van der Waals surface area contributed by atoms with Crippen LogP contribution in [0, 0.1) is 0 Å². The minimum absolute atomic E-state index is 0.105. The van der Waals surface area contributed by atoms with Crippen LogP contribution in [0.4, 0.5) is 0 Å². The summed E-state index contributed by atoms with van der Waals surface area (Å²) in [6, 6.07) is 3.74. The molecule has 0 bridgehead atoms. The fourth-order valence-electron chi connectivity index (χ4n) is 1.81. The maximum Gasteiger partial charge on any atom is 0.246 e.